The van der Waals surface area contributed by atoms with Crippen molar-refractivity contribution in [3.05, 3.63) is 36.4 Å². The third-order valence-corrected chi connectivity index (χ3v) is 4.28. The van der Waals surface area contributed by atoms with Gasteiger partial charge in [0.05, 0.1) is 0 Å². The monoisotopic (exact) mass is 355 g/mol. The number of anilines is 2. The molecule has 0 radical (unpaired) electrons. The van der Waals surface area contributed by atoms with E-state index in [1.807, 2.05) is 6.07 Å². The number of carbonyl (C=O) groups is 1. The summed E-state index contributed by atoms with van der Waals surface area (Å²) in [7, 11) is 0. The number of hydrogen-bond donors (Lipinski definition) is 1. The number of nitrogens with one attached hydrogen (secondary N) is 1. The summed E-state index contributed by atoms with van der Waals surface area (Å²) in [6.07, 6.45) is 6.10. The lowest BCUT2D eigenvalue weighted by Crippen LogP contribution is -2.47. The molecule has 1 N–H and O–H groups in total. The predicted octanol–water partition coefficient (Wildman–Crippen LogP) is 1.37. The van der Waals surface area contributed by atoms with Gasteiger partial charge >= 0.3 is 0 Å². The first-order valence-corrected chi connectivity index (χ1v) is 9.01. The van der Waals surface area contributed by atoms with Crippen molar-refractivity contribution >= 4 is 17.8 Å². The predicted molar refractivity (Wildman–Crippen MR) is 100 cm³/mol. The molecule has 1 amide bonds. The van der Waals surface area contributed by atoms with E-state index in [0.29, 0.717) is 24.1 Å². The minimum absolute atomic E-state index is 0.148. The van der Waals surface area contributed by atoms with Crippen LogP contribution in [0.25, 0.3) is 0 Å². The van der Waals surface area contributed by atoms with Gasteiger partial charge in [-0.1, -0.05) is 13.8 Å². The normalized spacial score (nSPS) is 14.6. The number of rotatable bonds is 6. The molecule has 138 valence electrons. The molecule has 0 unspecified atom stereocenters. The fourth-order valence-electron chi connectivity index (χ4n) is 2.75. The summed E-state index contributed by atoms with van der Waals surface area (Å²) < 4.78 is 0. The van der Waals surface area contributed by atoms with Crippen molar-refractivity contribution in [2.75, 3.05) is 42.5 Å². The van der Waals surface area contributed by atoms with Crippen LogP contribution < -0.4 is 15.1 Å². The number of piperazine rings is 1. The van der Waals surface area contributed by atoms with Crippen LogP contribution in [0.15, 0.2) is 30.7 Å². The van der Waals surface area contributed by atoms with Crippen LogP contribution in [0.1, 0.15) is 30.8 Å². The zero-order valence-corrected chi connectivity index (χ0v) is 15.3. The third-order valence-electron chi connectivity index (χ3n) is 4.28. The average molecular weight is 355 g/mol. The van der Waals surface area contributed by atoms with E-state index in [2.05, 4.69) is 48.9 Å². The number of nitrogens with zero attached hydrogens (tertiary/aromatic N) is 6. The van der Waals surface area contributed by atoms with Crippen LogP contribution in [0, 0.1) is 5.92 Å². The molecule has 2 aromatic rings. The topological polar surface area (TPSA) is 87.1 Å². The summed E-state index contributed by atoms with van der Waals surface area (Å²) in [6.45, 7) is 8.03. The molecule has 8 nitrogen and oxygen atoms in total. The summed E-state index contributed by atoms with van der Waals surface area (Å²) in [5.41, 5.74) is 0.410. The van der Waals surface area contributed by atoms with Crippen molar-refractivity contribution < 1.29 is 4.79 Å². The number of amides is 1. The molecule has 0 bridgehead atoms. The Bertz CT molecular complexity index is 714. The Balaban J connectivity index is 1.58. The zero-order valence-electron chi connectivity index (χ0n) is 15.3. The third kappa shape index (κ3) is 4.65. The maximum Gasteiger partial charge on any atom is 0.270 e. The van der Waals surface area contributed by atoms with Crippen LogP contribution in [0.4, 0.5) is 11.9 Å². The van der Waals surface area contributed by atoms with E-state index >= 15 is 0 Å². The average Bonchev–Trinajstić information content (AvgIpc) is 2.68. The molecule has 1 saturated heterocycles. The fraction of sp³-hybridized carbons (Fsp3) is 0.500. The van der Waals surface area contributed by atoms with Gasteiger partial charge in [-0.15, -0.1) is 0 Å². The van der Waals surface area contributed by atoms with E-state index < -0.39 is 0 Å². The maximum atomic E-state index is 12.3. The van der Waals surface area contributed by atoms with E-state index in [1.165, 1.54) is 0 Å². The molecule has 0 saturated carbocycles. The lowest BCUT2D eigenvalue weighted by molar-refractivity contribution is 0.0947. The Morgan fingerprint density at radius 1 is 1.04 bits per heavy atom. The Morgan fingerprint density at radius 3 is 2.31 bits per heavy atom. The second-order valence-corrected chi connectivity index (χ2v) is 6.70. The molecule has 1 fully saturated rings. The first-order chi connectivity index (χ1) is 12.6. The van der Waals surface area contributed by atoms with Crippen LogP contribution in [0.2, 0.25) is 0 Å². The summed E-state index contributed by atoms with van der Waals surface area (Å²) in [6, 6.07) is 3.47. The van der Waals surface area contributed by atoms with E-state index in [9.17, 15) is 4.79 Å². The Morgan fingerprint density at radius 2 is 1.65 bits per heavy atom. The Hall–Kier alpha value is -2.77. The molecule has 0 aliphatic carbocycles. The number of aromatic nitrogens is 4. The SMILES string of the molecule is CC(C)CCNC(=O)c1ccnc(N2CCN(c3ncccn3)CC2)n1. The van der Waals surface area contributed by atoms with Gasteiger partial charge in [-0.05, 0) is 24.5 Å². The highest BCUT2D eigenvalue weighted by Crippen LogP contribution is 2.14. The molecule has 0 atom stereocenters. The van der Waals surface area contributed by atoms with Gasteiger partial charge in [0.1, 0.15) is 5.69 Å². The molecule has 26 heavy (non-hydrogen) atoms. The maximum absolute atomic E-state index is 12.3. The van der Waals surface area contributed by atoms with Gasteiger partial charge in [-0.2, -0.15) is 0 Å². The lowest BCUT2D eigenvalue weighted by Gasteiger charge is -2.34. The van der Waals surface area contributed by atoms with Gasteiger partial charge < -0.3 is 15.1 Å². The second-order valence-electron chi connectivity index (χ2n) is 6.70. The van der Waals surface area contributed by atoms with Crippen LogP contribution in [0.5, 0.6) is 0 Å². The van der Waals surface area contributed by atoms with Gasteiger partial charge in [0, 0.05) is 51.3 Å². The molecule has 3 heterocycles. The smallest absolute Gasteiger partial charge is 0.270 e. The minimum atomic E-state index is -0.148. The van der Waals surface area contributed by atoms with Crippen LogP contribution in [0.3, 0.4) is 0 Å². The highest BCUT2D eigenvalue weighted by atomic mass is 16.1. The molecule has 1 aliphatic rings. The second kappa shape index (κ2) is 8.55. The minimum Gasteiger partial charge on any atom is -0.351 e. The van der Waals surface area contributed by atoms with Crippen molar-refractivity contribution in [1.82, 2.24) is 25.3 Å². The van der Waals surface area contributed by atoms with Crippen molar-refractivity contribution in [2.24, 2.45) is 5.92 Å². The molecule has 3 rings (SSSR count). The summed E-state index contributed by atoms with van der Waals surface area (Å²) in [4.78, 5) is 33.8. The van der Waals surface area contributed by atoms with E-state index in [1.54, 1.807) is 24.7 Å². The first kappa shape index (κ1) is 18.0. The highest BCUT2D eigenvalue weighted by molar-refractivity contribution is 5.92. The number of hydrogen-bond acceptors (Lipinski definition) is 7. The lowest BCUT2D eigenvalue weighted by atomic mass is 10.1. The largest absolute Gasteiger partial charge is 0.351 e. The fourth-order valence-corrected chi connectivity index (χ4v) is 2.75. The standard InChI is InChI=1S/C18H25N7O/c1-14(2)4-8-19-16(26)15-5-9-22-18(23-15)25-12-10-24(11-13-25)17-20-6-3-7-21-17/h3,5-7,9,14H,4,8,10-13H2,1-2H3,(H,19,26). The van der Waals surface area contributed by atoms with E-state index in [0.717, 1.165) is 38.5 Å². The number of carbonyl (C=O) groups excluding carboxylic acids is 1. The molecule has 8 heteroatoms. The van der Waals surface area contributed by atoms with Crippen molar-refractivity contribution in [3.8, 4) is 0 Å². The van der Waals surface area contributed by atoms with Gasteiger partial charge in [0.25, 0.3) is 5.91 Å². The Kier molecular flexibility index (Phi) is 5.93. The molecule has 0 aromatic carbocycles. The van der Waals surface area contributed by atoms with Crippen LogP contribution in [-0.4, -0.2) is 58.6 Å². The Labute approximate surface area is 153 Å². The zero-order chi connectivity index (χ0) is 18.4. The van der Waals surface area contributed by atoms with Gasteiger partial charge in [-0.3, -0.25) is 4.79 Å². The summed E-state index contributed by atoms with van der Waals surface area (Å²) in [5, 5.41) is 2.92. The molecular formula is C18H25N7O. The van der Waals surface area contributed by atoms with Crippen molar-refractivity contribution in [1.29, 1.82) is 0 Å². The van der Waals surface area contributed by atoms with Crippen molar-refractivity contribution in [2.45, 2.75) is 20.3 Å². The summed E-state index contributed by atoms with van der Waals surface area (Å²) >= 11 is 0. The first-order valence-electron chi connectivity index (χ1n) is 9.01. The molecule has 1 aliphatic heterocycles. The quantitative estimate of drug-likeness (QED) is 0.837. The molecule has 0 spiro atoms. The van der Waals surface area contributed by atoms with Crippen LogP contribution in [-0.2, 0) is 0 Å². The molecule has 2 aromatic heterocycles. The molecular weight excluding hydrogens is 330 g/mol. The van der Waals surface area contributed by atoms with Crippen LogP contribution >= 0.6 is 0 Å². The van der Waals surface area contributed by atoms with E-state index in [-0.39, 0.29) is 5.91 Å². The van der Waals surface area contributed by atoms with Crippen molar-refractivity contribution in [3.63, 3.8) is 0 Å². The summed E-state index contributed by atoms with van der Waals surface area (Å²) in [5.74, 6) is 1.74. The van der Waals surface area contributed by atoms with E-state index in [4.69, 9.17) is 0 Å². The van der Waals surface area contributed by atoms with Gasteiger partial charge in [0.2, 0.25) is 11.9 Å². The highest BCUT2D eigenvalue weighted by Gasteiger charge is 2.21. The van der Waals surface area contributed by atoms with Gasteiger partial charge in [-0.25, -0.2) is 19.9 Å². The van der Waals surface area contributed by atoms with Gasteiger partial charge in [0.15, 0.2) is 0 Å².